The van der Waals surface area contributed by atoms with Crippen LogP contribution in [0.3, 0.4) is 0 Å². The molecule has 0 fully saturated rings. The molecule has 4 aromatic rings. The highest BCUT2D eigenvalue weighted by molar-refractivity contribution is 6.30. The molecule has 0 N–H and O–H groups in total. The monoisotopic (exact) mass is 1300 g/mol. The van der Waals surface area contributed by atoms with Crippen LogP contribution < -0.4 is 18.9 Å². The van der Waals surface area contributed by atoms with E-state index in [1.807, 2.05) is 0 Å². The summed E-state index contributed by atoms with van der Waals surface area (Å²) in [7, 11) is 0. The highest BCUT2D eigenvalue weighted by atomic mass is 16.6. The number of carbonyl (C=O) groups is 7. The lowest BCUT2D eigenvalue weighted by Crippen LogP contribution is -2.23. The summed E-state index contributed by atoms with van der Waals surface area (Å²) in [5, 5.41) is 0. The Labute approximate surface area is 557 Å². The molecule has 0 saturated heterocycles. The van der Waals surface area contributed by atoms with Crippen LogP contribution in [0.4, 0.5) is 0 Å². The highest BCUT2D eigenvalue weighted by Gasteiger charge is 2.27. The summed E-state index contributed by atoms with van der Waals surface area (Å²) in [6, 6.07) is 17.5. The number of benzene rings is 4. The van der Waals surface area contributed by atoms with Crippen molar-refractivity contribution in [3.8, 4) is 23.0 Å². The number of ether oxygens (including phenoxy) is 11. The van der Waals surface area contributed by atoms with Gasteiger partial charge < -0.3 is 52.1 Å². The van der Waals surface area contributed by atoms with Crippen LogP contribution in [0.15, 0.2) is 60.7 Å². The van der Waals surface area contributed by atoms with E-state index in [1.54, 1.807) is 27.7 Å². The summed E-state index contributed by atoms with van der Waals surface area (Å²) in [6.45, 7) is 17.7. The lowest BCUT2D eigenvalue weighted by Gasteiger charge is -2.25. The van der Waals surface area contributed by atoms with Gasteiger partial charge in [-0.2, -0.15) is 0 Å². The number of esters is 7. The van der Waals surface area contributed by atoms with Crippen molar-refractivity contribution in [3.05, 3.63) is 127 Å². The van der Waals surface area contributed by atoms with Crippen LogP contribution in [-0.2, 0) is 118 Å². The molecule has 0 unspecified atom stereocenters. The minimum Gasteiger partial charge on any atom is -0.489 e. The van der Waals surface area contributed by atoms with Crippen LogP contribution in [0.2, 0.25) is 0 Å². The normalized spacial score (nSPS) is 11.6. The van der Waals surface area contributed by atoms with E-state index >= 15 is 0 Å². The fraction of sp³-hybridized carbons (Fsp3) is 0.566. The summed E-state index contributed by atoms with van der Waals surface area (Å²) < 4.78 is 64.5. The zero-order valence-corrected chi connectivity index (χ0v) is 57.4. The first-order valence-corrected chi connectivity index (χ1v) is 34.5. The molecule has 0 radical (unpaired) electrons. The van der Waals surface area contributed by atoms with Gasteiger partial charge in [-0.15, -0.1) is 0 Å². The first-order valence-electron chi connectivity index (χ1n) is 34.5. The highest BCUT2D eigenvalue weighted by Crippen LogP contribution is 2.42. The topological polar surface area (TPSA) is 221 Å². The number of hydrogen-bond acceptors (Lipinski definition) is 18. The molecule has 0 saturated carbocycles. The Morgan fingerprint density at radius 1 is 0.287 bits per heavy atom. The Kier molecular flexibility index (Phi) is 35.3. The van der Waals surface area contributed by atoms with Gasteiger partial charge in [-0.3, -0.25) is 0 Å². The molecule has 94 heavy (non-hydrogen) atoms. The number of fused-ring (bicyclic) bond motifs is 8. The van der Waals surface area contributed by atoms with Crippen molar-refractivity contribution in [3.63, 3.8) is 0 Å². The van der Waals surface area contributed by atoms with Crippen LogP contribution in [0, 0.1) is 0 Å². The molecule has 516 valence electrons. The quantitative estimate of drug-likeness (QED) is 0.0117. The van der Waals surface area contributed by atoms with Crippen molar-refractivity contribution in [1.82, 2.24) is 0 Å². The van der Waals surface area contributed by atoms with Gasteiger partial charge in [0.1, 0.15) is 75.9 Å². The molecule has 4 aromatic carbocycles. The molecule has 1 aliphatic rings. The summed E-state index contributed by atoms with van der Waals surface area (Å²) in [5.41, 5.74) is 11.1. The SMILES string of the molecule is C=C(C)C(=O)OCCOc1c2cc(CCCCCC)cc1Cc1cc(CCCCCC)cc(c1OCCOC(=O)C(=O)OCC)Cc1cc(CCCCCC)cc(c1OCCOC(=O)C(=O)OCC)Cc1cc(CCCCCC)cc(c1OCCOC(=O)C(=O)OCC)C2. The van der Waals surface area contributed by atoms with E-state index < -0.39 is 41.8 Å². The predicted octanol–water partition coefficient (Wildman–Crippen LogP) is 13.8. The fourth-order valence-electron chi connectivity index (χ4n) is 11.5. The van der Waals surface area contributed by atoms with Gasteiger partial charge in [0.2, 0.25) is 0 Å². The third-order valence-electron chi connectivity index (χ3n) is 15.9. The molecule has 5 rings (SSSR count). The van der Waals surface area contributed by atoms with Crippen molar-refractivity contribution in [1.29, 1.82) is 0 Å². The molecule has 0 aliphatic heterocycles. The lowest BCUT2D eigenvalue weighted by molar-refractivity contribution is -0.167. The zero-order valence-electron chi connectivity index (χ0n) is 57.4. The number of aryl methyl sites for hydroxylation is 4. The Bertz CT molecular complexity index is 2950. The van der Waals surface area contributed by atoms with Gasteiger partial charge >= 0.3 is 41.8 Å². The maximum absolute atomic E-state index is 12.9. The van der Waals surface area contributed by atoms with Gasteiger partial charge in [-0.05, 0) is 146 Å². The predicted molar refractivity (Wildman–Crippen MR) is 359 cm³/mol. The number of hydrogen-bond donors (Lipinski definition) is 0. The molecule has 1 aliphatic carbocycles. The lowest BCUT2D eigenvalue weighted by atomic mass is 9.87. The van der Waals surface area contributed by atoms with E-state index in [4.69, 9.17) is 52.1 Å². The van der Waals surface area contributed by atoms with Gasteiger partial charge in [0.05, 0.1) is 19.8 Å². The van der Waals surface area contributed by atoms with Crippen LogP contribution in [-0.4, -0.2) is 114 Å². The second-order valence-corrected chi connectivity index (χ2v) is 23.8. The first kappa shape index (κ1) is 76.8. The fourth-order valence-corrected chi connectivity index (χ4v) is 11.5. The zero-order chi connectivity index (χ0) is 68.0. The molecule has 0 heterocycles. The third-order valence-corrected chi connectivity index (χ3v) is 15.9. The van der Waals surface area contributed by atoms with Crippen molar-refractivity contribution in [2.24, 2.45) is 0 Å². The van der Waals surface area contributed by atoms with Crippen molar-refractivity contribution < 1.29 is 85.7 Å². The van der Waals surface area contributed by atoms with E-state index in [0.717, 1.165) is 195 Å². The van der Waals surface area contributed by atoms with Gasteiger partial charge in [-0.25, -0.2) is 33.6 Å². The summed E-state index contributed by atoms with van der Waals surface area (Å²) in [4.78, 5) is 88.8. The second kappa shape index (κ2) is 43.2. The van der Waals surface area contributed by atoms with Gasteiger partial charge in [-0.1, -0.05) is 160 Å². The van der Waals surface area contributed by atoms with Crippen LogP contribution in [0.25, 0.3) is 0 Å². The van der Waals surface area contributed by atoms with Gasteiger partial charge in [0.15, 0.2) is 0 Å². The van der Waals surface area contributed by atoms with E-state index in [2.05, 4.69) is 82.8 Å². The summed E-state index contributed by atoms with van der Waals surface area (Å²) in [5.74, 6) is -5.08. The van der Waals surface area contributed by atoms with Crippen molar-refractivity contribution >= 4 is 41.8 Å². The molecular formula is C76H104O18. The minimum absolute atomic E-state index is 0.000457. The maximum Gasteiger partial charge on any atom is 0.417 e. The summed E-state index contributed by atoms with van der Waals surface area (Å²) >= 11 is 0. The number of carbonyl (C=O) groups excluding carboxylic acids is 7. The van der Waals surface area contributed by atoms with Crippen LogP contribution >= 0.6 is 0 Å². The Balaban J connectivity index is 1.94. The molecule has 8 bridgehead atoms. The van der Waals surface area contributed by atoms with Crippen molar-refractivity contribution in [2.75, 3.05) is 72.7 Å². The molecule has 18 nitrogen and oxygen atoms in total. The standard InChI is InChI=1S/C76H104O18/c1-10-17-21-25-29-54-41-58-49-60-43-55(30-26-22-18-11-2)45-62(67(60)88-34-38-92-74(81)71(78)84-14-5)51-64-47-57(32-28-24-20-13-4)48-65(69(64)90-36-40-94-76(83)73(80)86-16-7)52-63-46-56(31-27-23-19-12-3)44-61(68(63)89-35-39-93-75(82)72(79)85-15-6)50-59(42-54)66(58)87-33-37-91-70(77)53(8)9/h41-48H,8,10-40,49-52H2,1-7,9H3. The van der Waals surface area contributed by atoms with Crippen LogP contribution in [0.5, 0.6) is 23.0 Å². The molecule has 0 atom stereocenters. The van der Waals surface area contributed by atoms with Crippen LogP contribution in [0.1, 0.15) is 225 Å². The van der Waals surface area contributed by atoms with E-state index in [9.17, 15) is 33.6 Å². The molecule has 0 spiro atoms. The first-order chi connectivity index (χ1) is 45.6. The molecule has 0 amide bonds. The maximum atomic E-state index is 12.9. The Morgan fingerprint density at radius 2 is 0.489 bits per heavy atom. The number of unbranched alkanes of at least 4 members (excludes halogenated alkanes) is 12. The van der Waals surface area contributed by atoms with E-state index in [-0.39, 0.29) is 91.1 Å². The second-order valence-electron chi connectivity index (χ2n) is 23.8. The third kappa shape index (κ3) is 26.1. The Hall–Kier alpha value is -7.89. The molecule has 0 aromatic heterocycles. The van der Waals surface area contributed by atoms with E-state index in [1.165, 1.54) is 0 Å². The van der Waals surface area contributed by atoms with Gasteiger partial charge in [0.25, 0.3) is 0 Å². The van der Waals surface area contributed by atoms with Gasteiger partial charge in [0, 0.05) is 31.3 Å². The minimum atomic E-state index is -1.14. The average Bonchev–Trinajstić information content (AvgIpc) is 0.811. The smallest absolute Gasteiger partial charge is 0.417 e. The molecular weight excluding hydrogens is 1200 g/mol. The van der Waals surface area contributed by atoms with Crippen molar-refractivity contribution in [2.45, 2.75) is 209 Å². The summed E-state index contributed by atoms with van der Waals surface area (Å²) in [6.07, 6.45) is 20.5. The Morgan fingerprint density at radius 3 is 0.681 bits per heavy atom. The van der Waals surface area contributed by atoms with E-state index in [0.29, 0.717) is 35.8 Å². The largest absolute Gasteiger partial charge is 0.489 e. The average molecular weight is 1310 g/mol. The number of rotatable bonds is 40. The molecule has 18 heteroatoms.